The van der Waals surface area contributed by atoms with Gasteiger partial charge in [-0.3, -0.25) is 0 Å². The molecule has 0 spiro atoms. The summed E-state index contributed by atoms with van der Waals surface area (Å²) in [6.07, 6.45) is 3.24. The van der Waals surface area contributed by atoms with Crippen molar-refractivity contribution in [3.63, 3.8) is 0 Å². The first-order valence-corrected chi connectivity index (χ1v) is 7.24. The zero-order valence-corrected chi connectivity index (χ0v) is 12.0. The van der Waals surface area contributed by atoms with Crippen molar-refractivity contribution < 1.29 is 4.52 Å². The topological polar surface area (TPSA) is 64.9 Å². The Bertz CT molecular complexity index is 576. The van der Waals surface area contributed by atoms with Gasteiger partial charge in [0.2, 0.25) is 5.89 Å². The Morgan fingerprint density at radius 1 is 1.20 bits per heavy atom. The Morgan fingerprint density at radius 2 is 1.95 bits per heavy atom. The molecular formula is C16H21N3O. The molecule has 1 aliphatic carbocycles. The van der Waals surface area contributed by atoms with Crippen LogP contribution in [-0.4, -0.2) is 16.2 Å². The summed E-state index contributed by atoms with van der Waals surface area (Å²) in [6, 6.07) is 10.4. The quantitative estimate of drug-likeness (QED) is 0.932. The first-order chi connectivity index (χ1) is 9.59. The van der Waals surface area contributed by atoms with Crippen molar-refractivity contribution in [2.24, 2.45) is 5.73 Å². The Morgan fingerprint density at radius 3 is 2.60 bits per heavy atom. The molecule has 4 heteroatoms. The van der Waals surface area contributed by atoms with Gasteiger partial charge in [0.15, 0.2) is 5.82 Å². The molecule has 0 amide bonds. The van der Waals surface area contributed by atoms with E-state index < -0.39 is 0 Å². The van der Waals surface area contributed by atoms with Crippen molar-refractivity contribution in [3.8, 4) is 0 Å². The molecule has 4 nitrogen and oxygen atoms in total. The van der Waals surface area contributed by atoms with Crippen LogP contribution in [0.25, 0.3) is 0 Å². The highest BCUT2D eigenvalue weighted by Crippen LogP contribution is 2.35. The molecule has 2 atom stereocenters. The smallest absolute Gasteiger partial charge is 0.231 e. The first kappa shape index (κ1) is 13.3. The fraction of sp³-hybridized carbons (Fsp3) is 0.500. The van der Waals surface area contributed by atoms with E-state index in [1.807, 2.05) is 18.2 Å². The average Bonchev–Trinajstić information content (AvgIpc) is 3.08. The van der Waals surface area contributed by atoms with Crippen molar-refractivity contribution in [1.82, 2.24) is 10.1 Å². The Hall–Kier alpha value is -1.68. The third kappa shape index (κ3) is 2.24. The Balaban J connectivity index is 1.90. The van der Waals surface area contributed by atoms with Crippen LogP contribution in [0.3, 0.4) is 0 Å². The van der Waals surface area contributed by atoms with Gasteiger partial charge < -0.3 is 10.3 Å². The maximum Gasteiger partial charge on any atom is 0.231 e. The molecule has 0 radical (unpaired) electrons. The van der Waals surface area contributed by atoms with E-state index in [4.69, 9.17) is 10.3 Å². The lowest BCUT2D eigenvalue weighted by atomic mass is 9.84. The predicted octanol–water partition coefficient (Wildman–Crippen LogP) is 2.99. The van der Waals surface area contributed by atoms with Crippen LogP contribution in [0.1, 0.15) is 56.3 Å². The summed E-state index contributed by atoms with van der Waals surface area (Å²) in [4.78, 5) is 4.63. The highest BCUT2D eigenvalue weighted by atomic mass is 16.5. The second kappa shape index (κ2) is 5.02. The number of hydrogen-bond donors (Lipinski definition) is 1. The van der Waals surface area contributed by atoms with Crippen LogP contribution in [0, 0.1) is 0 Å². The summed E-state index contributed by atoms with van der Waals surface area (Å²) in [6.45, 7) is 4.23. The molecule has 3 rings (SSSR count). The molecular weight excluding hydrogens is 250 g/mol. The van der Waals surface area contributed by atoms with Crippen molar-refractivity contribution in [1.29, 1.82) is 0 Å². The van der Waals surface area contributed by atoms with Crippen molar-refractivity contribution >= 4 is 0 Å². The molecule has 0 bridgehead atoms. The monoisotopic (exact) mass is 271 g/mol. The largest absolute Gasteiger partial charge is 0.339 e. The Kier molecular flexibility index (Phi) is 3.34. The summed E-state index contributed by atoms with van der Waals surface area (Å²) in [5.74, 6) is 1.66. The molecule has 106 valence electrons. The molecule has 1 saturated carbocycles. The van der Waals surface area contributed by atoms with E-state index in [0.717, 1.165) is 25.1 Å². The van der Waals surface area contributed by atoms with E-state index in [0.29, 0.717) is 5.89 Å². The van der Waals surface area contributed by atoms with Crippen molar-refractivity contribution in [2.75, 3.05) is 0 Å². The van der Waals surface area contributed by atoms with Crippen LogP contribution in [0.4, 0.5) is 0 Å². The zero-order valence-electron chi connectivity index (χ0n) is 12.0. The fourth-order valence-electron chi connectivity index (χ4n) is 2.92. The fourth-order valence-corrected chi connectivity index (χ4v) is 2.92. The standard InChI is InChI=1S/C16H21N3O/c1-16(2,11-7-4-3-5-8-11)15-18-14(20-19-15)12-9-6-10-13(12)17/h3-5,7-8,12-13H,6,9-10,17H2,1-2H3. The summed E-state index contributed by atoms with van der Waals surface area (Å²) in [7, 11) is 0. The van der Waals surface area contributed by atoms with Crippen molar-refractivity contribution in [3.05, 3.63) is 47.6 Å². The molecule has 2 aromatic rings. The molecule has 0 saturated heterocycles. The summed E-state index contributed by atoms with van der Waals surface area (Å²) < 4.78 is 5.49. The lowest BCUT2D eigenvalue weighted by Gasteiger charge is -2.20. The molecule has 20 heavy (non-hydrogen) atoms. The van der Waals surface area contributed by atoms with E-state index in [9.17, 15) is 0 Å². The van der Waals surface area contributed by atoms with E-state index >= 15 is 0 Å². The zero-order chi connectivity index (χ0) is 14.2. The van der Waals surface area contributed by atoms with E-state index in [1.54, 1.807) is 0 Å². The molecule has 0 aliphatic heterocycles. The molecule has 1 heterocycles. The summed E-state index contributed by atoms with van der Waals surface area (Å²) in [5.41, 5.74) is 7.04. The van der Waals surface area contributed by atoms with Crippen LogP contribution in [-0.2, 0) is 5.41 Å². The van der Waals surface area contributed by atoms with Gasteiger partial charge in [-0.25, -0.2) is 0 Å². The number of benzene rings is 1. The minimum absolute atomic E-state index is 0.156. The van der Waals surface area contributed by atoms with E-state index in [-0.39, 0.29) is 17.4 Å². The number of rotatable bonds is 3. The van der Waals surface area contributed by atoms with Gasteiger partial charge in [0.1, 0.15) is 0 Å². The maximum absolute atomic E-state index is 6.11. The first-order valence-electron chi connectivity index (χ1n) is 7.24. The van der Waals surface area contributed by atoms with Gasteiger partial charge in [-0.15, -0.1) is 0 Å². The van der Waals surface area contributed by atoms with E-state index in [1.165, 1.54) is 5.56 Å². The van der Waals surface area contributed by atoms with Crippen LogP contribution < -0.4 is 5.73 Å². The maximum atomic E-state index is 6.11. The summed E-state index contributed by atoms with van der Waals surface area (Å²) in [5, 5.41) is 4.20. The van der Waals surface area contributed by atoms with Gasteiger partial charge in [-0.2, -0.15) is 4.98 Å². The number of aromatic nitrogens is 2. The number of nitrogens with two attached hydrogens (primary N) is 1. The lowest BCUT2D eigenvalue weighted by molar-refractivity contribution is 0.337. The second-order valence-electron chi connectivity index (χ2n) is 6.15. The van der Waals surface area contributed by atoms with E-state index in [2.05, 4.69) is 36.1 Å². The minimum Gasteiger partial charge on any atom is -0.339 e. The average molecular weight is 271 g/mol. The Labute approximate surface area is 119 Å². The highest BCUT2D eigenvalue weighted by Gasteiger charge is 2.34. The minimum atomic E-state index is -0.258. The van der Waals surface area contributed by atoms with Crippen LogP contribution in [0.15, 0.2) is 34.9 Å². The third-order valence-corrected chi connectivity index (χ3v) is 4.38. The molecule has 2 N–H and O–H groups in total. The van der Waals surface area contributed by atoms with Crippen LogP contribution >= 0.6 is 0 Å². The van der Waals surface area contributed by atoms with Gasteiger partial charge in [-0.1, -0.05) is 41.9 Å². The van der Waals surface area contributed by atoms with Gasteiger partial charge in [-0.05, 0) is 32.3 Å². The lowest BCUT2D eigenvalue weighted by Crippen LogP contribution is -2.24. The number of hydrogen-bond acceptors (Lipinski definition) is 4. The van der Waals surface area contributed by atoms with Crippen molar-refractivity contribution in [2.45, 2.75) is 50.5 Å². The second-order valence-corrected chi connectivity index (χ2v) is 6.15. The van der Waals surface area contributed by atoms with Gasteiger partial charge in [0, 0.05) is 6.04 Å². The molecule has 1 aromatic carbocycles. The van der Waals surface area contributed by atoms with Gasteiger partial charge in [0.05, 0.1) is 11.3 Å². The van der Waals surface area contributed by atoms with Crippen LogP contribution in [0.5, 0.6) is 0 Å². The normalized spacial score (nSPS) is 23.1. The van der Waals surface area contributed by atoms with Crippen LogP contribution in [0.2, 0.25) is 0 Å². The van der Waals surface area contributed by atoms with Gasteiger partial charge >= 0.3 is 0 Å². The molecule has 1 fully saturated rings. The number of nitrogens with zero attached hydrogens (tertiary/aromatic N) is 2. The highest BCUT2D eigenvalue weighted by molar-refractivity contribution is 5.30. The third-order valence-electron chi connectivity index (χ3n) is 4.38. The molecule has 1 aliphatic rings. The predicted molar refractivity (Wildman–Crippen MR) is 77.4 cm³/mol. The SMILES string of the molecule is CC(C)(c1ccccc1)c1noc(C2CCCC2N)n1. The molecule has 2 unspecified atom stereocenters. The summed E-state index contributed by atoms with van der Waals surface area (Å²) >= 11 is 0. The van der Waals surface area contributed by atoms with Gasteiger partial charge in [0.25, 0.3) is 0 Å². The molecule has 1 aromatic heterocycles.